The van der Waals surface area contributed by atoms with E-state index in [1.807, 2.05) is 0 Å². The van der Waals surface area contributed by atoms with E-state index in [4.69, 9.17) is 30.1 Å². The minimum atomic E-state index is -4.63. The third-order valence-corrected chi connectivity index (χ3v) is 9.07. The van der Waals surface area contributed by atoms with Crippen molar-refractivity contribution in [3.05, 3.63) is 64.7 Å². The van der Waals surface area contributed by atoms with E-state index in [0.717, 1.165) is 0 Å². The number of hydrogen-bond donors (Lipinski definition) is 2. The van der Waals surface area contributed by atoms with Crippen LogP contribution in [0.1, 0.15) is 24.3 Å². The highest BCUT2D eigenvalue weighted by Gasteiger charge is 2.55. The summed E-state index contributed by atoms with van der Waals surface area (Å²) in [4.78, 5) is 32.5. The smallest absolute Gasteiger partial charge is 0.434 e. The third-order valence-electron chi connectivity index (χ3n) is 4.21. The summed E-state index contributed by atoms with van der Waals surface area (Å²) in [5, 5.41) is -1.24. The van der Waals surface area contributed by atoms with Gasteiger partial charge in [-0.15, -0.1) is 0 Å². The zero-order chi connectivity index (χ0) is 21.9. The molecule has 2 aromatic carbocycles. The molecule has 2 N–H and O–H groups in total. The molecule has 30 heavy (non-hydrogen) atoms. The Morgan fingerprint density at radius 1 is 1.07 bits per heavy atom. The van der Waals surface area contributed by atoms with Gasteiger partial charge in [0.25, 0.3) is 0 Å². The van der Waals surface area contributed by atoms with Crippen LogP contribution in [0.25, 0.3) is 0 Å². The van der Waals surface area contributed by atoms with Gasteiger partial charge >= 0.3 is 21.3 Å². The maximum absolute atomic E-state index is 12.8. The van der Waals surface area contributed by atoms with E-state index in [9.17, 15) is 23.7 Å². The van der Waals surface area contributed by atoms with E-state index in [1.165, 1.54) is 24.3 Å². The van der Waals surface area contributed by atoms with Crippen LogP contribution >= 0.6 is 26.8 Å². The molecule has 0 saturated carbocycles. The van der Waals surface area contributed by atoms with Crippen LogP contribution in [0, 0.1) is 0 Å². The van der Waals surface area contributed by atoms with Gasteiger partial charge in [-0.25, -0.2) is 4.79 Å². The lowest BCUT2D eigenvalue weighted by Crippen LogP contribution is -2.25. The molecule has 12 heteroatoms. The first-order valence-corrected chi connectivity index (χ1v) is 12.5. The van der Waals surface area contributed by atoms with Gasteiger partial charge in [-0.2, -0.15) is 0 Å². The lowest BCUT2D eigenvalue weighted by atomic mass is 10.2. The quantitative estimate of drug-likeness (QED) is 0.353. The number of para-hydroxylation sites is 1. The topological polar surface area (TPSA) is 129 Å². The maximum atomic E-state index is 12.8. The van der Waals surface area contributed by atoms with Crippen molar-refractivity contribution in [1.29, 1.82) is 0 Å². The largest absolute Gasteiger partial charge is 0.513 e. The number of halogens is 1. The van der Waals surface area contributed by atoms with Gasteiger partial charge in [0.15, 0.2) is 5.40 Å². The molecule has 9 nitrogen and oxygen atoms in total. The van der Waals surface area contributed by atoms with Crippen LogP contribution in [0.5, 0.6) is 5.75 Å². The van der Waals surface area contributed by atoms with E-state index < -0.39 is 33.0 Å². The number of carbonyl (C=O) groups is 1. The maximum Gasteiger partial charge on any atom is 0.513 e. The van der Waals surface area contributed by atoms with Crippen LogP contribution in [0.2, 0.25) is 5.02 Å². The average molecular weight is 477 g/mol. The van der Waals surface area contributed by atoms with Gasteiger partial charge in [-0.1, -0.05) is 41.9 Å². The second-order valence-electron chi connectivity index (χ2n) is 6.31. The number of benzene rings is 2. The van der Waals surface area contributed by atoms with E-state index in [-0.39, 0.29) is 24.3 Å². The second kappa shape index (κ2) is 9.20. The summed E-state index contributed by atoms with van der Waals surface area (Å²) in [5.41, 5.74) is 0.490. The van der Waals surface area contributed by atoms with Gasteiger partial charge in [0.1, 0.15) is 5.75 Å². The number of ether oxygens (including phenoxy) is 2. The zero-order valence-electron chi connectivity index (χ0n) is 15.7. The second-order valence-corrected chi connectivity index (χ2v) is 11.1. The Morgan fingerprint density at radius 2 is 1.67 bits per heavy atom. The Balaban J connectivity index is 1.87. The molecule has 0 aromatic heterocycles. The van der Waals surface area contributed by atoms with E-state index in [2.05, 4.69) is 0 Å². The van der Waals surface area contributed by atoms with Gasteiger partial charge in [0.05, 0.1) is 12.2 Å². The molecule has 162 valence electrons. The van der Waals surface area contributed by atoms with Crippen LogP contribution in [0.4, 0.5) is 4.79 Å². The fourth-order valence-electron chi connectivity index (χ4n) is 2.80. The standard InChI is InChI=1S/C18H19ClO9P2/c1-2-25-18(20)26-15-6-4-3-5-14(15)17-27-29(21,22)16(30(23,24)28-17)11-12-7-9-13(19)10-8-12/h3-10,16-17H,2,11H2,1H3,(H,21,22)(H,23,24). The Kier molecular flexibility index (Phi) is 7.05. The molecule has 0 radical (unpaired) electrons. The number of hydrogen-bond acceptors (Lipinski definition) is 7. The molecule has 2 atom stereocenters. The van der Waals surface area contributed by atoms with Crippen molar-refractivity contribution < 1.29 is 42.2 Å². The van der Waals surface area contributed by atoms with Crippen molar-refractivity contribution in [2.45, 2.75) is 25.0 Å². The Labute approximate surface area is 177 Å². The minimum absolute atomic E-state index is 0.0148. The molecule has 0 amide bonds. The van der Waals surface area contributed by atoms with Crippen molar-refractivity contribution in [3.8, 4) is 5.75 Å². The van der Waals surface area contributed by atoms with Crippen molar-refractivity contribution in [2.75, 3.05) is 6.61 Å². The molecule has 0 aliphatic carbocycles. The highest BCUT2D eigenvalue weighted by molar-refractivity contribution is 7.72. The SMILES string of the molecule is CCOC(=O)Oc1ccccc1C1OP(=O)(O)C(Cc2ccc(Cl)cc2)P(=O)(O)O1. The average Bonchev–Trinajstić information content (AvgIpc) is 2.66. The fourth-order valence-corrected chi connectivity index (χ4v) is 6.82. The predicted molar refractivity (Wildman–Crippen MR) is 108 cm³/mol. The first-order valence-electron chi connectivity index (χ1n) is 8.82. The highest BCUT2D eigenvalue weighted by Crippen LogP contribution is 2.73. The molecular weight excluding hydrogens is 458 g/mol. The van der Waals surface area contributed by atoms with Gasteiger partial charge in [0.2, 0.25) is 6.29 Å². The van der Waals surface area contributed by atoms with E-state index in [0.29, 0.717) is 10.6 Å². The Hall–Kier alpha value is -1.70. The minimum Gasteiger partial charge on any atom is -0.434 e. The Bertz CT molecular complexity index is 985. The van der Waals surface area contributed by atoms with Gasteiger partial charge in [-0.05, 0) is 37.1 Å². The first-order chi connectivity index (χ1) is 14.1. The van der Waals surface area contributed by atoms with Gasteiger partial charge < -0.3 is 19.3 Å². The molecule has 3 rings (SSSR count). The molecular formula is C18H19ClO9P2. The van der Waals surface area contributed by atoms with Crippen molar-refractivity contribution in [2.24, 2.45) is 0 Å². The molecule has 2 aromatic rings. The van der Waals surface area contributed by atoms with Crippen LogP contribution < -0.4 is 4.74 Å². The van der Waals surface area contributed by atoms with Crippen molar-refractivity contribution in [1.82, 2.24) is 0 Å². The van der Waals surface area contributed by atoms with Crippen molar-refractivity contribution in [3.63, 3.8) is 0 Å². The van der Waals surface area contributed by atoms with Crippen LogP contribution in [-0.4, -0.2) is 27.9 Å². The molecule has 0 spiro atoms. The summed E-state index contributed by atoms with van der Waals surface area (Å²) in [6, 6.07) is 12.0. The van der Waals surface area contributed by atoms with E-state index in [1.54, 1.807) is 31.2 Å². The van der Waals surface area contributed by atoms with Gasteiger partial charge in [-0.3, -0.25) is 18.2 Å². The fraction of sp³-hybridized carbons (Fsp3) is 0.278. The number of rotatable bonds is 5. The predicted octanol–water partition coefficient (Wildman–Crippen LogP) is 4.86. The highest BCUT2D eigenvalue weighted by atomic mass is 35.5. The van der Waals surface area contributed by atoms with Crippen LogP contribution in [-0.2, 0) is 29.3 Å². The molecule has 1 aliphatic heterocycles. The summed E-state index contributed by atoms with van der Waals surface area (Å²) in [6.45, 7) is 1.66. The molecule has 1 fully saturated rings. The first kappa shape index (κ1) is 23.0. The monoisotopic (exact) mass is 476 g/mol. The summed E-state index contributed by atoms with van der Waals surface area (Å²) in [5.74, 6) is -0.0999. The molecule has 1 aliphatic rings. The summed E-state index contributed by atoms with van der Waals surface area (Å²) >= 11 is 5.82. The third kappa shape index (κ3) is 5.31. The molecule has 0 bridgehead atoms. The number of carbonyl (C=O) groups excluding carboxylic acids is 1. The van der Waals surface area contributed by atoms with Crippen LogP contribution in [0.15, 0.2) is 48.5 Å². The normalized spacial score (nSPS) is 28.7. The molecule has 2 unspecified atom stereocenters. The molecule has 1 saturated heterocycles. The summed E-state index contributed by atoms with van der Waals surface area (Å²) < 4.78 is 45.8. The zero-order valence-corrected chi connectivity index (χ0v) is 18.3. The van der Waals surface area contributed by atoms with E-state index >= 15 is 0 Å². The van der Waals surface area contributed by atoms with Crippen LogP contribution in [0.3, 0.4) is 0 Å². The summed E-state index contributed by atoms with van der Waals surface area (Å²) in [7, 11) is -9.25. The lowest BCUT2D eigenvalue weighted by Gasteiger charge is -2.36. The lowest BCUT2D eigenvalue weighted by molar-refractivity contribution is -0.0266. The molecule has 1 heterocycles. The van der Waals surface area contributed by atoms with Gasteiger partial charge in [0, 0.05) is 5.02 Å². The van der Waals surface area contributed by atoms with Crippen molar-refractivity contribution >= 4 is 32.9 Å². The Morgan fingerprint density at radius 3 is 2.27 bits per heavy atom. The summed E-state index contributed by atoms with van der Waals surface area (Å²) in [6.07, 6.45) is -2.96.